The van der Waals surface area contributed by atoms with Crippen LogP contribution in [0.25, 0.3) is 0 Å². The molecule has 0 aromatic heterocycles. The first-order chi connectivity index (χ1) is 5.52. The van der Waals surface area contributed by atoms with Crippen LogP contribution < -0.4 is 0 Å². The fraction of sp³-hybridized carbons (Fsp3) is 0.333. The van der Waals surface area contributed by atoms with E-state index in [4.69, 9.17) is 0 Å². The summed E-state index contributed by atoms with van der Waals surface area (Å²) in [6.07, 6.45) is 9.62. The topological polar surface area (TPSA) is 0 Å². The highest BCUT2D eigenvalue weighted by Crippen LogP contribution is 2.25. The molecule has 0 saturated carbocycles. The van der Waals surface area contributed by atoms with Gasteiger partial charge >= 0.3 is 0 Å². The second-order valence-corrected chi connectivity index (χ2v) is 3.70. The summed E-state index contributed by atoms with van der Waals surface area (Å²) < 4.78 is 0. The third-order valence-electron chi connectivity index (χ3n) is 1.61. The van der Waals surface area contributed by atoms with Gasteiger partial charge in [0.2, 0.25) is 0 Å². The smallest absolute Gasteiger partial charge is 0.0132 e. The molecule has 0 heterocycles. The van der Waals surface area contributed by atoms with Crippen LogP contribution in [0.15, 0.2) is 49.1 Å². The zero-order valence-corrected chi connectivity index (χ0v) is 8.30. The molecule has 0 rings (SSSR count). The predicted molar refractivity (Wildman–Crippen MR) is 57.1 cm³/mol. The molecule has 0 aromatic carbocycles. The molecule has 0 saturated heterocycles. The Balaban J connectivity index is 4.55. The normalized spacial score (nSPS) is 13.4. The molecule has 0 aliphatic carbocycles. The van der Waals surface area contributed by atoms with Crippen molar-refractivity contribution in [2.45, 2.75) is 20.8 Å². The first-order valence-corrected chi connectivity index (χ1v) is 4.14. The minimum absolute atomic E-state index is 0.174. The molecule has 0 bridgehead atoms. The summed E-state index contributed by atoms with van der Waals surface area (Å²) in [7, 11) is 0. The van der Waals surface area contributed by atoms with E-state index in [0.29, 0.717) is 0 Å². The van der Waals surface area contributed by atoms with Gasteiger partial charge in [0.15, 0.2) is 0 Å². The maximum atomic E-state index is 3.78. The monoisotopic (exact) mass is 162 g/mol. The van der Waals surface area contributed by atoms with Gasteiger partial charge in [-0.15, -0.1) is 0 Å². The summed E-state index contributed by atoms with van der Waals surface area (Å²) in [5.74, 6) is 0. The maximum Gasteiger partial charge on any atom is -0.0132 e. The van der Waals surface area contributed by atoms with E-state index in [0.717, 1.165) is 0 Å². The summed E-state index contributed by atoms with van der Waals surface area (Å²) in [6.45, 7) is 13.9. The highest BCUT2D eigenvalue weighted by molar-refractivity contribution is 5.28. The average molecular weight is 162 g/mol. The van der Waals surface area contributed by atoms with E-state index in [9.17, 15) is 0 Å². The van der Waals surface area contributed by atoms with Crippen LogP contribution >= 0.6 is 0 Å². The Labute approximate surface area is 76.0 Å². The summed E-state index contributed by atoms with van der Waals surface area (Å²) in [5.41, 5.74) is 1.41. The zero-order chi connectivity index (χ0) is 9.61. The molecule has 0 aliphatic heterocycles. The van der Waals surface area contributed by atoms with E-state index >= 15 is 0 Å². The van der Waals surface area contributed by atoms with Crippen molar-refractivity contribution in [3.8, 4) is 0 Å². The Morgan fingerprint density at radius 3 is 2.00 bits per heavy atom. The summed E-state index contributed by atoms with van der Waals surface area (Å²) in [4.78, 5) is 0. The minimum Gasteiger partial charge on any atom is -0.0991 e. The molecule has 0 unspecified atom stereocenters. The first-order valence-electron chi connectivity index (χ1n) is 4.14. The Hall–Kier alpha value is -1.04. The molecule has 0 aromatic rings. The van der Waals surface area contributed by atoms with Gasteiger partial charge < -0.3 is 0 Å². The Morgan fingerprint density at radius 1 is 1.08 bits per heavy atom. The van der Waals surface area contributed by atoms with E-state index in [1.165, 1.54) is 5.57 Å². The van der Waals surface area contributed by atoms with Crippen LogP contribution in [0.2, 0.25) is 0 Å². The summed E-state index contributed by atoms with van der Waals surface area (Å²) in [5, 5.41) is 0. The quantitative estimate of drug-likeness (QED) is 0.552. The third-order valence-corrected chi connectivity index (χ3v) is 1.61. The fourth-order valence-corrected chi connectivity index (χ4v) is 0.862. The van der Waals surface area contributed by atoms with Crippen LogP contribution in [0.1, 0.15) is 20.8 Å². The molecule has 0 nitrogen and oxygen atoms in total. The second kappa shape index (κ2) is 4.76. The fourth-order valence-electron chi connectivity index (χ4n) is 0.862. The number of allylic oxidation sites excluding steroid dienone is 6. The highest BCUT2D eigenvalue weighted by Gasteiger charge is 2.12. The van der Waals surface area contributed by atoms with Crippen LogP contribution in [-0.4, -0.2) is 0 Å². The molecular weight excluding hydrogens is 144 g/mol. The molecule has 0 atom stereocenters. The average Bonchev–Trinajstić information content (AvgIpc) is 1.95. The molecule has 0 aliphatic rings. The van der Waals surface area contributed by atoms with Gasteiger partial charge in [-0.3, -0.25) is 0 Å². The van der Waals surface area contributed by atoms with Gasteiger partial charge in [-0.05, 0) is 11.0 Å². The molecule has 0 spiro atoms. The van der Waals surface area contributed by atoms with Crippen molar-refractivity contribution in [1.29, 1.82) is 0 Å². The van der Waals surface area contributed by atoms with Crippen molar-refractivity contribution in [1.82, 2.24) is 0 Å². The van der Waals surface area contributed by atoms with Gasteiger partial charge in [-0.1, -0.05) is 64.3 Å². The van der Waals surface area contributed by atoms with E-state index in [-0.39, 0.29) is 5.41 Å². The van der Waals surface area contributed by atoms with Gasteiger partial charge in [0.25, 0.3) is 0 Å². The first kappa shape index (κ1) is 11.0. The lowest BCUT2D eigenvalue weighted by Crippen LogP contribution is -2.06. The van der Waals surface area contributed by atoms with Crippen LogP contribution in [0.3, 0.4) is 0 Å². The van der Waals surface area contributed by atoms with Crippen molar-refractivity contribution in [2.24, 2.45) is 5.41 Å². The summed E-state index contributed by atoms with van der Waals surface area (Å²) in [6, 6.07) is 0. The minimum atomic E-state index is 0.174. The van der Waals surface area contributed by atoms with E-state index < -0.39 is 0 Å². The largest absolute Gasteiger partial charge is 0.0991 e. The molecule has 0 N–H and O–H groups in total. The van der Waals surface area contributed by atoms with E-state index in [1.54, 1.807) is 6.08 Å². The SMILES string of the molecule is C=C/C=C\C=C(/C=C)C(C)(C)C. The second-order valence-electron chi connectivity index (χ2n) is 3.70. The lowest BCUT2D eigenvalue weighted by Gasteiger charge is -2.19. The Bertz CT molecular complexity index is 209. The molecule has 0 radical (unpaired) electrons. The number of hydrogen-bond acceptors (Lipinski definition) is 0. The molecule has 12 heavy (non-hydrogen) atoms. The van der Waals surface area contributed by atoms with Gasteiger partial charge in [0, 0.05) is 0 Å². The predicted octanol–water partition coefficient (Wildman–Crippen LogP) is 3.89. The van der Waals surface area contributed by atoms with Crippen molar-refractivity contribution >= 4 is 0 Å². The lowest BCUT2D eigenvalue weighted by atomic mass is 9.86. The Kier molecular flexibility index (Phi) is 4.35. The molecule has 0 fully saturated rings. The van der Waals surface area contributed by atoms with Gasteiger partial charge in [0.05, 0.1) is 0 Å². The van der Waals surface area contributed by atoms with E-state index in [2.05, 4.69) is 40.0 Å². The van der Waals surface area contributed by atoms with E-state index in [1.807, 2.05) is 18.2 Å². The number of hydrogen-bond donors (Lipinski definition) is 0. The van der Waals surface area contributed by atoms with Crippen LogP contribution in [0, 0.1) is 5.41 Å². The third kappa shape index (κ3) is 3.97. The molecule has 0 heteroatoms. The van der Waals surface area contributed by atoms with Crippen molar-refractivity contribution in [2.75, 3.05) is 0 Å². The van der Waals surface area contributed by atoms with Crippen LogP contribution in [-0.2, 0) is 0 Å². The van der Waals surface area contributed by atoms with Crippen molar-refractivity contribution in [3.63, 3.8) is 0 Å². The van der Waals surface area contributed by atoms with Gasteiger partial charge in [0.1, 0.15) is 0 Å². The van der Waals surface area contributed by atoms with Crippen molar-refractivity contribution < 1.29 is 0 Å². The maximum absolute atomic E-state index is 3.78. The van der Waals surface area contributed by atoms with Crippen LogP contribution in [0.5, 0.6) is 0 Å². The molecule has 66 valence electrons. The molecule has 0 amide bonds. The lowest BCUT2D eigenvalue weighted by molar-refractivity contribution is 0.517. The molecular formula is C12H18. The summed E-state index contributed by atoms with van der Waals surface area (Å²) >= 11 is 0. The number of rotatable bonds is 3. The standard InChI is InChI=1S/C12H18/c1-6-8-9-10-11(7-2)12(3,4)5/h6-10H,1-2H2,3-5H3/b9-8-,11-10+. The Morgan fingerprint density at radius 2 is 1.67 bits per heavy atom. The highest BCUT2D eigenvalue weighted by atomic mass is 14.2. The zero-order valence-electron chi connectivity index (χ0n) is 8.30. The van der Waals surface area contributed by atoms with Crippen molar-refractivity contribution in [3.05, 3.63) is 49.1 Å². The van der Waals surface area contributed by atoms with Crippen LogP contribution in [0.4, 0.5) is 0 Å². The van der Waals surface area contributed by atoms with Gasteiger partial charge in [-0.25, -0.2) is 0 Å². The van der Waals surface area contributed by atoms with Gasteiger partial charge in [-0.2, -0.15) is 0 Å².